The number of non-ortho nitro benzene ring substituents is 1. The molecule has 0 spiro atoms. The Labute approximate surface area is 176 Å². The maximum Gasteiger partial charge on any atom is 0.270 e. The Kier molecular flexibility index (Phi) is 6.23. The highest BCUT2D eigenvalue weighted by molar-refractivity contribution is 7.89. The van der Waals surface area contributed by atoms with E-state index in [1.807, 2.05) is 19.1 Å². The van der Waals surface area contributed by atoms with Crippen LogP contribution in [0.2, 0.25) is 0 Å². The minimum Gasteiger partial charge on any atom is -0.350 e. The molecule has 1 amide bonds. The van der Waals surface area contributed by atoms with Crippen LogP contribution in [0, 0.1) is 30.9 Å². The highest BCUT2D eigenvalue weighted by Crippen LogP contribution is 2.30. The van der Waals surface area contributed by atoms with Crippen LogP contribution in [0.15, 0.2) is 41.3 Å². The molecule has 1 atom stereocenters. The molecule has 160 valence electrons. The SMILES string of the molecule is Cc1cc(C)c(S(=O)(=O)N2CCC[C@H]2CNC(=O)c2cccc([N+](=O)[O-])c2)c(C)c1. The first-order chi connectivity index (χ1) is 14.1. The summed E-state index contributed by atoms with van der Waals surface area (Å²) in [5.41, 5.74) is 2.42. The number of aryl methyl sites for hydroxylation is 3. The molecule has 30 heavy (non-hydrogen) atoms. The van der Waals surface area contributed by atoms with Crippen molar-refractivity contribution in [2.24, 2.45) is 0 Å². The number of nitrogens with zero attached hydrogens (tertiary/aromatic N) is 2. The molecule has 0 unspecified atom stereocenters. The van der Waals surface area contributed by atoms with Crippen LogP contribution in [0.5, 0.6) is 0 Å². The van der Waals surface area contributed by atoms with E-state index in [0.29, 0.717) is 35.4 Å². The van der Waals surface area contributed by atoms with Crippen LogP contribution in [-0.2, 0) is 10.0 Å². The van der Waals surface area contributed by atoms with Crippen molar-refractivity contribution < 1.29 is 18.1 Å². The molecular weight excluding hydrogens is 406 g/mol. The average Bonchev–Trinajstić information content (AvgIpc) is 3.14. The molecule has 0 radical (unpaired) electrons. The number of hydrogen-bond donors (Lipinski definition) is 1. The minimum absolute atomic E-state index is 0.144. The predicted octanol–water partition coefficient (Wildman–Crippen LogP) is 3.10. The van der Waals surface area contributed by atoms with Crippen molar-refractivity contribution in [1.82, 2.24) is 9.62 Å². The Balaban J connectivity index is 1.77. The fourth-order valence-corrected chi connectivity index (χ4v) is 6.20. The van der Waals surface area contributed by atoms with Crippen LogP contribution < -0.4 is 5.32 Å². The fourth-order valence-electron chi connectivity index (χ4n) is 4.09. The standard InChI is InChI=1S/C21H25N3O5S/c1-14-10-15(2)20(16(3)11-14)30(28,29)23-9-5-8-19(23)13-22-21(25)17-6-4-7-18(12-17)24(26)27/h4,6-7,10-12,19H,5,8-9,13H2,1-3H3,(H,22,25)/t19-/m0/s1. The molecule has 1 N–H and O–H groups in total. The first-order valence-corrected chi connectivity index (χ1v) is 11.2. The molecule has 0 aromatic heterocycles. The smallest absolute Gasteiger partial charge is 0.270 e. The third kappa shape index (κ3) is 4.36. The third-order valence-corrected chi connectivity index (χ3v) is 7.57. The molecule has 1 aliphatic heterocycles. The Hall–Kier alpha value is -2.78. The van der Waals surface area contributed by atoms with Crippen LogP contribution in [-0.4, -0.2) is 42.7 Å². The molecule has 0 saturated carbocycles. The van der Waals surface area contributed by atoms with Gasteiger partial charge in [-0.15, -0.1) is 0 Å². The normalized spacial score (nSPS) is 17.1. The highest BCUT2D eigenvalue weighted by Gasteiger charge is 2.37. The second-order valence-electron chi connectivity index (χ2n) is 7.66. The predicted molar refractivity (Wildman–Crippen MR) is 113 cm³/mol. The van der Waals surface area contributed by atoms with E-state index in [0.717, 1.165) is 5.56 Å². The van der Waals surface area contributed by atoms with Gasteiger partial charge >= 0.3 is 0 Å². The molecule has 9 heteroatoms. The molecule has 1 aliphatic rings. The summed E-state index contributed by atoms with van der Waals surface area (Å²) in [5, 5.41) is 13.6. The number of carbonyl (C=O) groups excluding carboxylic acids is 1. The van der Waals surface area contributed by atoms with Crippen molar-refractivity contribution in [3.8, 4) is 0 Å². The topological polar surface area (TPSA) is 110 Å². The van der Waals surface area contributed by atoms with Crippen LogP contribution >= 0.6 is 0 Å². The Morgan fingerprint density at radius 1 is 1.20 bits per heavy atom. The van der Waals surface area contributed by atoms with Crippen molar-refractivity contribution in [3.05, 3.63) is 68.8 Å². The number of nitro groups is 1. The van der Waals surface area contributed by atoms with Gasteiger partial charge in [-0.3, -0.25) is 14.9 Å². The molecule has 0 aliphatic carbocycles. The number of nitro benzene ring substituents is 1. The van der Waals surface area contributed by atoms with E-state index in [1.165, 1.54) is 28.6 Å². The summed E-state index contributed by atoms with van der Waals surface area (Å²) in [7, 11) is -3.70. The van der Waals surface area contributed by atoms with Gasteiger partial charge in [-0.05, 0) is 50.8 Å². The van der Waals surface area contributed by atoms with Crippen molar-refractivity contribution in [1.29, 1.82) is 0 Å². The van der Waals surface area contributed by atoms with E-state index in [2.05, 4.69) is 5.32 Å². The zero-order chi connectivity index (χ0) is 22.1. The Morgan fingerprint density at radius 2 is 1.87 bits per heavy atom. The van der Waals surface area contributed by atoms with E-state index in [1.54, 1.807) is 13.8 Å². The molecule has 1 fully saturated rings. The van der Waals surface area contributed by atoms with Crippen molar-refractivity contribution in [2.45, 2.75) is 44.6 Å². The van der Waals surface area contributed by atoms with Crippen molar-refractivity contribution in [2.75, 3.05) is 13.1 Å². The molecular formula is C21H25N3O5S. The van der Waals surface area contributed by atoms with Crippen LogP contribution in [0.3, 0.4) is 0 Å². The van der Waals surface area contributed by atoms with Gasteiger partial charge in [-0.25, -0.2) is 8.42 Å². The van der Waals surface area contributed by atoms with Gasteiger partial charge in [-0.1, -0.05) is 23.8 Å². The van der Waals surface area contributed by atoms with Crippen LogP contribution in [0.25, 0.3) is 0 Å². The Bertz CT molecular complexity index is 1070. The second kappa shape index (κ2) is 8.53. The van der Waals surface area contributed by atoms with Crippen molar-refractivity contribution >= 4 is 21.6 Å². The lowest BCUT2D eigenvalue weighted by molar-refractivity contribution is -0.384. The lowest BCUT2D eigenvalue weighted by Crippen LogP contribution is -2.43. The second-order valence-corrected chi connectivity index (χ2v) is 9.48. The van der Waals surface area contributed by atoms with Gasteiger partial charge in [0.2, 0.25) is 10.0 Å². The minimum atomic E-state index is -3.70. The quantitative estimate of drug-likeness (QED) is 0.558. The summed E-state index contributed by atoms with van der Waals surface area (Å²) in [6.45, 7) is 6.06. The summed E-state index contributed by atoms with van der Waals surface area (Å²) in [6, 6.07) is 8.81. The Morgan fingerprint density at radius 3 is 2.50 bits per heavy atom. The maximum absolute atomic E-state index is 13.4. The molecule has 1 saturated heterocycles. The molecule has 1 heterocycles. The highest BCUT2D eigenvalue weighted by atomic mass is 32.2. The first-order valence-electron chi connectivity index (χ1n) is 9.73. The molecule has 0 bridgehead atoms. The summed E-state index contributed by atoms with van der Waals surface area (Å²) >= 11 is 0. The average molecular weight is 432 g/mol. The van der Waals surface area contributed by atoms with E-state index in [-0.39, 0.29) is 23.8 Å². The summed E-state index contributed by atoms with van der Waals surface area (Å²) in [6.07, 6.45) is 1.35. The van der Waals surface area contributed by atoms with E-state index in [4.69, 9.17) is 0 Å². The number of sulfonamides is 1. The molecule has 2 aromatic carbocycles. The van der Waals surface area contributed by atoms with Gasteiger partial charge in [0.25, 0.3) is 11.6 Å². The van der Waals surface area contributed by atoms with Gasteiger partial charge in [0, 0.05) is 36.8 Å². The maximum atomic E-state index is 13.4. The number of carbonyl (C=O) groups is 1. The summed E-state index contributed by atoms with van der Waals surface area (Å²) in [5.74, 6) is -0.467. The third-order valence-electron chi connectivity index (χ3n) is 5.31. The lowest BCUT2D eigenvalue weighted by atomic mass is 10.1. The largest absolute Gasteiger partial charge is 0.350 e. The van der Waals surface area contributed by atoms with Crippen LogP contribution in [0.4, 0.5) is 5.69 Å². The molecule has 8 nitrogen and oxygen atoms in total. The number of rotatable bonds is 6. The van der Waals surface area contributed by atoms with Gasteiger partial charge in [0.15, 0.2) is 0 Å². The first kappa shape index (κ1) is 21.9. The monoisotopic (exact) mass is 431 g/mol. The number of amides is 1. The van der Waals surface area contributed by atoms with Gasteiger partial charge in [0.1, 0.15) is 0 Å². The lowest BCUT2D eigenvalue weighted by Gasteiger charge is -2.26. The summed E-state index contributed by atoms with van der Waals surface area (Å²) in [4.78, 5) is 23.1. The zero-order valence-electron chi connectivity index (χ0n) is 17.2. The zero-order valence-corrected chi connectivity index (χ0v) is 18.0. The summed E-state index contributed by atoms with van der Waals surface area (Å²) < 4.78 is 28.2. The number of nitrogens with one attached hydrogen (secondary N) is 1. The number of hydrogen-bond acceptors (Lipinski definition) is 5. The van der Waals surface area contributed by atoms with E-state index >= 15 is 0 Å². The fraction of sp³-hybridized carbons (Fsp3) is 0.381. The molecule has 2 aromatic rings. The van der Waals surface area contributed by atoms with Gasteiger partial charge < -0.3 is 5.32 Å². The number of benzene rings is 2. The van der Waals surface area contributed by atoms with Crippen LogP contribution in [0.1, 0.15) is 39.9 Å². The van der Waals surface area contributed by atoms with Gasteiger partial charge in [-0.2, -0.15) is 4.31 Å². The molecule has 3 rings (SSSR count). The van der Waals surface area contributed by atoms with E-state index < -0.39 is 20.9 Å². The van der Waals surface area contributed by atoms with E-state index in [9.17, 15) is 23.3 Å². The van der Waals surface area contributed by atoms with Gasteiger partial charge in [0.05, 0.1) is 9.82 Å². The van der Waals surface area contributed by atoms with Crippen molar-refractivity contribution in [3.63, 3.8) is 0 Å².